The first-order chi connectivity index (χ1) is 9.69. The summed E-state index contributed by atoms with van der Waals surface area (Å²) in [4.78, 5) is 2.56. The van der Waals surface area contributed by atoms with Gasteiger partial charge in [-0.25, -0.2) is 0 Å². The second kappa shape index (κ2) is 7.98. The van der Waals surface area contributed by atoms with E-state index in [2.05, 4.69) is 64.6 Å². The SMILES string of the molecule is CC.CC.CC(C)(C)c1cccc2c1CN(C(C)(C)C)C2. The average molecular weight is 292 g/mol. The zero-order valence-electron chi connectivity index (χ0n) is 16.1. The van der Waals surface area contributed by atoms with E-state index in [0.717, 1.165) is 13.1 Å². The van der Waals surface area contributed by atoms with Gasteiger partial charge in [0, 0.05) is 18.6 Å². The molecule has 0 aliphatic carbocycles. The average Bonchev–Trinajstić information content (AvgIpc) is 2.85. The van der Waals surface area contributed by atoms with Crippen LogP contribution in [0.15, 0.2) is 18.2 Å². The highest BCUT2D eigenvalue weighted by Crippen LogP contribution is 2.35. The molecule has 0 radical (unpaired) electrons. The standard InChI is InChI=1S/C16H25N.2C2H6/c1-15(2,3)14-9-7-8-12-10-17(11-13(12)14)16(4,5)6;2*1-2/h7-9H,10-11H2,1-6H3;2*1-2H3. The van der Waals surface area contributed by atoms with Gasteiger partial charge in [-0.1, -0.05) is 66.7 Å². The molecule has 122 valence electrons. The van der Waals surface area contributed by atoms with Gasteiger partial charge in [0.25, 0.3) is 0 Å². The summed E-state index contributed by atoms with van der Waals surface area (Å²) in [7, 11) is 0. The second-order valence-corrected chi connectivity index (χ2v) is 7.22. The molecule has 0 N–H and O–H groups in total. The van der Waals surface area contributed by atoms with Crippen LogP contribution in [0.5, 0.6) is 0 Å². The predicted octanol–water partition coefficient (Wildman–Crippen LogP) is 6.15. The topological polar surface area (TPSA) is 3.24 Å². The van der Waals surface area contributed by atoms with E-state index < -0.39 is 0 Å². The van der Waals surface area contributed by atoms with Crippen molar-refractivity contribution in [3.8, 4) is 0 Å². The van der Waals surface area contributed by atoms with Crippen molar-refractivity contribution in [1.82, 2.24) is 4.90 Å². The quantitative estimate of drug-likeness (QED) is 0.554. The van der Waals surface area contributed by atoms with Crippen LogP contribution in [0.1, 0.15) is 85.9 Å². The Kier molecular flexibility index (Phi) is 7.67. The Bertz CT molecular complexity index is 418. The molecule has 0 unspecified atom stereocenters. The van der Waals surface area contributed by atoms with Crippen LogP contribution in [0, 0.1) is 0 Å². The third-order valence-corrected chi connectivity index (χ3v) is 3.74. The highest BCUT2D eigenvalue weighted by atomic mass is 15.2. The summed E-state index contributed by atoms with van der Waals surface area (Å²) in [5.74, 6) is 0. The minimum absolute atomic E-state index is 0.249. The van der Waals surface area contributed by atoms with Crippen molar-refractivity contribution in [2.24, 2.45) is 0 Å². The summed E-state index contributed by atoms with van der Waals surface area (Å²) in [6.07, 6.45) is 0. The minimum Gasteiger partial charge on any atom is -0.290 e. The molecule has 2 rings (SSSR count). The Morgan fingerprint density at radius 2 is 1.33 bits per heavy atom. The van der Waals surface area contributed by atoms with Crippen LogP contribution in [0.3, 0.4) is 0 Å². The third-order valence-electron chi connectivity index (χ3n) is 3.74. The molecule has 0 fully saturated rings. The number of benzene rings is 1. The summed E-state index contributed by atoms with van der Waals surface area (Å²) in [6.45, 7) is 24.0. The van der Waals surface area contributed by atoms with Crippen LogP contribution in [0.2, 0.25) is 0 Å². The zero-order valence-corrected chi connectivity index (χ0v) is 16.1. The largest absolute Gasteiger partial charge is 0.290 e. The maximum absolute atomic E-state index is 2.56. The van der Waals surface area contributed by atoms with Gasteiger partial charge in [-0.05, 0) is 42.9 Å². The number of nitrogens with zero attached hydrogens (tertiary/aromatic N) is 1. The maximum atomic E-state index is 2.56. The van der Waals surface area contributed by atoms with Gasteiger partial charge in [-0.2, -0.15) is 0 Å². The lowest BCUT2D eigenvalue weighted by Gasteiger charge is -2.31. The lowest BCUT2D eigenvalue weighted by Crippen LogP contribution is -2.37. The molecule has 0 saturated heterocycles. The monoisotopic (exact) mass is 291 g/mol. The van der Waals surface area contributed by atoms with Gasteiger partial charge < -0.3 is 0 Å². The van der Waals surface area contributed by atoms with E-state index in [1.54, 1.807) is 5.56 Å². The fraction of sp³-hybridized carbons (Fsp3) is 0.700. The molecule has 21 heavy (non-hydrogen) atoms. The number of hydrogen-bond donors (Lipinski definition) is 0. The van der Waals surface area contributed by atoms with Crippen molar-refractivity contribution >= 4 is 0 Å². The molecule has 0 aromatic heterocycles. The van der Waals surface area contributed by atoms with Crippen LogP contribution < -0.4 is 0 Å². The Morgan fingerprint density at radius 1 is 0.810 bits per heavy atom. The van der Waals surface area contributed by atoms with Gasteiger partial charge in [0.05, 0.1) is 0 Å². The second-order valence-electron chi connectivity index (χ2n) is 7.22. The highest BCUT2D eigenvalue weighted by Gasteiger charge is 2.31. The van der Waals surface area contributed by atoms with Crippen molar-refractivity contribution in [3.05, 3.63) is 34.9 Å². The molecule has 1 nitrogen and oxygen atoms in total. The van der Waals surface area contributed by atoms with E-state index in [-0.39, 0.29) is 11.0 Å². The fourth-order valence-electron chi connectivity index (χ4n) is 2.60. The van der Waals surface area contributed by atoms with Gasteiger partial charge in [0.1, 0.15) is 0 Å². The van der Waals surface area contributed by atoms with Gasteiger partial charge in [-0.15, -0.1) is 0 Å². The maximum Gasteiger partial charge on any atom is 0.0248 e. The normalized spacial score (nSPS) is 14.6. The number of hydrogen-bond acceptors (Lipinski definition) is 1. The van der Waals surface area contributed by atoms with Crippen molar-refractivity contribution in [3.63, 3.8) is 0 Å². The molecule has 1 aliphatic rings. The van der Waals surface area contributed by atoms with E-state index in [4.69, 9.17) is 0 Å². The van der Waals surface area contributed by atoms with Crippen molar-refractivity contribution in [1.29, 1.82) is 0 Å². The van der Waals surface area contributed by atoms with Gasteiger partial charge in [0.2, 0.25) is 0 Å². The van der Waals surface area contributed by atoms with Crippen molar-refractivity contribution in [2.75, 3.05) is 0 Å². The Labute approximate surface area is 133 Å². The molecule has 0 saturated carbocycles. The van der Waals surface area contributed by atoms with E-state index in [0.29, 0.717) is 0 Å². The van der Waals surface area contributed by atoms with Gasteiger partial charge in [0.15, 0.2) is 0 Å². The zero-order chi connectivity index (χ0) is 16.8. The molecule has 1 aromatic rings. The third kappa shape index (κ3) is 5.14. The summed E-state index contributed by atoms with van der Waals surface area (Å²) < 4.78 is 0. The van der Waals surface area contributed by atoms with Crippen LogP contribution in [-0.2, 0) is 18.5 Å². The van der Waals surface area contributed by atoms with Crippen LogP contribution in [-0.4, -0.2) is 10.4 Å². The molecule has 0 spiro atoms. The molecule has 0 atom stereocenters. The molecular weight excluding hydrogens is 254 g/mol. The van der Waals surface area contributed by atoms with E-state index in [1.807, 2.05) is 27.7 Å². The summed E-state index contributed by atoms with van der Waals surface area (Å²) >= 11 is 0. The lowest BCUT2D eigenvalue weighted by molar-refractivity contribution is 0.136. The first-order valence-electron chi connectivity index (χ1n) is 8.56. The van der Waals surface area contributed by atoms with Crippen molar-refractivity contribution in [2.45, 2.75) is 93.3 Å². The minimum atomic E-state index is 0.249. The predicted molar refractivity (Wildman–Crippen MR) is 96.8 cm³/mol. The summed E-state index contributed by atoms with van der Waals surface area (Å²) in [5.41, 5.74) is 5.11. The Balaban J connectivity index is 0.000000921. The molecule has 1 aliphatic heterocycles. The number of rotatable bonds is 0. The van der Waals surface area contributed by atoms with E-state index in [9.17, 15) is 0 Å². The molecule has 0 amide bonds. The summed E-state index contributed by atoms with van der Waals surface area (Å²) in [5, 5.41) is 0. The van der Waals surface area contributed by atoms with Crippen LogP contribution >= 0.6 is 0 Å². The smallest absolute Gasteiger partial charge is 0.0248 e. The first-order valence-corrected chi connectivity index (χ1v) is 8.56. The van der Waals surface area contributed by atoms with E-state index >= 15 is 0 Å². The molecule has 0 bridgehead atoms. The molecule has 1 heteroatoms. The lowest BCUT2D eigenvalue weighted by atomic mass is 9.83. The van der Waals surface area contributed by atoms with Crippen LogP contribution in [0.4, 0.5) is 0 Å². The van der Waals surface area contributed by atoms with Crippen molar-refractivity contribution < 1.29 is 0 Å². The van der Waals surface area contributed by atoms with E-state index in [1.165, 1.54) is 11.1 Å². The fourth-order valence-corrected chi connectivity index (χ4v) is 2.60. The molecule has 1 heterocycles. The first kappa shape index (κ1) is 20.2. The number of fused-ring (bicyclic) bond motifs is 1. The van der Waals surface area contributed by atoms with Crippen LogP contribution in [0.25, 0.3) is 0 Å². The Hall–Kier alpha value is -0.820. The summed E-state index contributed by atoms with van der Waals surface area (Å²) in [6, 6.07) is 6.80. The van der Waals surface area contributed by atoms with Gasteiger partial charge in [-0.3, -0.25) is 4.90 Å². The molecule has 1 aromatic carbocycles. The van der Waals surface area contributed by atoms with Gasteiger partial charge >= 0.3 is 0 Å². The highest BCUT2D eigenvalue weighted by molar-refractivity contribution is 5.41. The molecular formula is C20H37N. The Morgan fingerprint density at radius 3 is 1.76 bits per heavy atom.